The third-order valence-electron chi connectivity index (χ3n) is 4.57. The Bertz CT molecular complexity index is 310. The molecule has 2 aliphatic rings. The summed E-state index contributed by atoms with van der Waals surface area (Å²) in [6, 6.07) is 0. The molecule has 0 amide bonds. The summed E-state index contributed by atoms with van der Waals surface area (Å²) < 4.78 is 16.3. The molecule has 1 saturated carbocycles. The number of hydrogen-bond donors (Lipinski definition) is 0. The van der Waals surface area contributed by atoms with Gasteiger partial charge >= 0.3 is 6.16 Å². The number of ether oxygens (including phenoxy) is 3. The SMILES string of the molecule is CC1CCC(C(C)C)C(OC(=O)OC2CCCCO2)C1. The Labute approximate surface area is 122 Å². The van der Waals surface area contributed by atoms with Gasteiger partial charge in [-0.3, -0.25) is 0 Å². The largest absolute Gasteiger partial charge is 0.510 e. The van der Waals surface area contributed by atoms with Crippen molar-refractivity contribution in [3.63, 3.8) is 0 Å². The lowest BCUT2D eigenvalue weighted by Gasteiger charge is -2.36. The highest BCUT2D eigenvalue weighted by atomic mass is 16.8. The zero-order valence-electron chi connectivity index (χ0n) is 13.0. The van der Waals surface area contributed by atoms with E-state index in [9.17, 15) is 4.79 Å². The molecule has 1 aliphatic carbocycles. The molecule has 0 aromatic heterocycles. The van der Waals surface area contributed by atoms with Gasteiger partial charge in [-0.2, -0.15) is 0 Å². The second-order valence-electron chi connectivity index (χ2n) is 6.65. The zero-order valence-corrected chi connectivity index (χ0v) is 13.0. The van der Waals surface area contributed by atoms with Crippen LogP contribution in [0.15, 0.2) is 0 Å². The molecule has 1 heterocycles. The number of rotatable bonds is 3. The molecule has 20 heavy (non-hydrogen) atoms. The normalized spacial score (nSPS) is 34.8. The molecular formula is C16H28O4. The summed E-state index contributed by atoms with van der Waals surface area (Å²) in [5, 5.41) is 0. The standard InChI is InChI=1S/C16H28O4/c1-11(2)13-8-7-12(3)10-14(13)19-16(17)20-15-6-4-5-9-18-15/h11-15H,4-10H2,1-3H3. The fourth-order valence-electron chi connectivity index (χ4n) is 3.31. The van der Waals surface area contributed by atoms with Gasteiger partial charge in [0.25, 0.3) is 0 Å². The van der Waals surface area contributed by atoms with Gasteiger partial charge < -0.3 is 14.2 Å². The molecule has 2 rings (SSSR count). The minimum atomic E-state index is -0.554. The Morgan fingerprint density at radius 3 is 2.60 bits per heavy atom. The van der Waals surface area contributed by atoms with Gasteiger partial charge in [-0.05, 0) is 43.4 Å². The van der Waals surface area contributed by atoms with E-state index in [1.54, 1.807) is 0 Å². The summed E-state index contributed by atoms with van der Waals surface area (Å²) in [6.45, 7) is 7.30. The molecule has 0 aromatic rings. The van der Waals surface area contributed by atoms with Gasteiger partial charge in [-0.15, -0.1) is 0 Å². The van der Waals surface area contributed by atoms with Crippen molar-refractivity contribution < 1.29 is 19.0 Å². The summed E-state index contributed by atoms with van der Waals surface area (Å²) in [7, 11) is 0. The average molecular weight is 284 g/mol. The van der Waals surface area contributed by atoms with E-state index in [2.05, 4.69) is 20.8 Å². The fraction of sp³-hybridized carbons (Fsp3) is 0.938. The van der Waals surface area contributed by atoms with E-state index >= 15 is 0 Å². The monoisotopic (exact) mass is 284 g/mol. The second kappa shape index (κ2) is 7.30. The molecule has 0 spiro atoms. The van der Waals surface area contributed by atoms with Crippen LogP contribution >= 0.6 is 0 Å². The van der Waals surface area contributed by atoms with Crippen molar-refractivity contribution in [2.24, 2.45) is 17.8 Å². The summed E-state index contributed by atoms with van der Waals surface area (Å²) in [6.07, 6.45) is 5.22. The topological polar surface area (TPSA) is 44.8 Å². The van der Waals surface area contributed by atoms with Crippen molar-refractivity contribution in [2.45, 2.75) is 71.7 Å². The maximum Gasteiger partial charge on any atom is 0.510 e. The van der Waals surface area contributed by atoms with Crippen LogP contribution in [0.5, 0.6) is 0 Å². The minimum absolute atomic E-state index is 0.00478. The Hall–Kier alpha value is -0.770. The Morgan fingerprint density at radius 1 is 1.15 bits per heavy atom. The molecule has 1 aliphatic heterocycles. The van der Waals surface area contributed by atoms with Crippen LogP contribution in [0.25, 0.3) is 0 Å². The van der Waals surface area contributed by atoms with Crippen LogP contribution in [-0.2, 0) is 14.2 Å². The molecule has 0 N–H and O–H groups in total. The zero-order chi connectivity index (χ0) is 14.5. The summed E-state index contributed by atoms with van der Waals surface area (Å²) >= 11 is 0. The molecule has 4 atom stereocenters. The van der Waals surface area contributed by atoms with Crippen LogP contribution in [0.2, 0.25) is 0 Å². The maximum absolute atomic E-state index is 11.9. The molecule has 4 unspecified atom stereocenters. The molecule has 1 saturated heterocycles. The highest BCUT2D eigenvalue weighted by molar-refractivity contribution is 5.60. The Morgan fingerprint density at radius 2 is 1.95 bits per heavy atom. The molecule has 0 bridgehead atoms. The molecular weight excluding hydrogens is 256 g/mol. The van der Waals surface area contributed by atoms with Crippen LogP contribution in [0.4, 0.5) is 4.79 Å². The average Bonchev–Trinajstić information content (AvgIpc) is 2.39. The molecule has 116 valence electrons. The predicted octanol–water partition coefficient (Wildman–Crippen LogP) is 4.13. The first-order chi connectivity index (χ1) is 9.56. The second-order valence-corrected chi connectivity index (χ2v) is 6.65. The lowest BCUT2D eigenvalue weighted by molar-refractivity contribution is -0.151. The van der Waals surface area contributed by atoms with Crippen molar-refractivity contribution in [2.75, 3.05) is 6.61 Å². The van der Waals surface area contributed by atoms with E-state index < -0.39 is 12.4 Å². The summed E-state index contributed by atoms with van der Waals surface area (Å²) in [5.74, 6) is 1.60. The summed E-state index contributed by atoms with van der Waals surface area (Å²) in [4.78, 5) is 11.9. The Kier molecular flexibility index (Phi) is 5.70. The van der Waals surface area contributed by atoms with Gasteiger partial charge in [-0.25, -0.2) is 4.79 Å². The fourth-order valence-corrected chi connectivity index (χ4v) is 3.31. The smallest absolute Gasteiger partial charge is 0.431 e. The van der Waals surface area contributed by atoms with E-state index in [1.165, 1.54) is 6.42 Å². The van der Waals surface area contributed by atoms with Crippen LogP contribution < -0.4 is 0 Å². The first kappa shape index (κ1) is 15.6. The van der Waals surface area contributed by atoms with E-state index in [-0.39, 0.29) is 6.10 Å². The summed E-state index contributed by atoms with van der Waals surface area (Å²) in [5.41, 5.74) is 0. The lowest BCUT2D eigenvalue weighted by atomic mass is 9.75. The number of carbonyl (C=O) groups is 1. The predicted molar refractivity (Wildman–Crippen MR) is 76.3 cm³/mol. The lowest BCUT2D eigenvalue weighted by Crippen LogP contribution is -2.37. The van der Waals surface area contributed by atoms with Gasteiger partial charge in [0, 0.05) is 6.42 Å². The molecule has 4 heteroatoms. The van der Waals surface area contributed by atoms with Crippen molar-refractivity contribution in [1.82, 2.24) is 0 Å². The molecule has 4 nitrogen and oxygen atoms in total. The van der Waals surface area contributed by atoms with E-state index in [0.29, 0.717) is 24.4 Å². The first-order valence-corrected chi connectivity index (χ1v) is 8.05. The highest BCUT2D eigenvalue weighted by Crippen LogP contribution is 2.35. The van der Waals surface area contributed by atoms with E-state index in [1.807, 2.05) is 0 Å². The third kappa shape index (κ3) is 4.37. The van der Waals surface area contributed by atoms with Crippen LogP contribution in [0.1, 0.15) is 59.3 Å². The van der Waals surface area contributed by atoms with Gasteiger partial charge in [0.2, 0.25) is 6.29 Å². The van der Waals surface area contributed by atoms with Gasteiger partial charge in [0.1, 0.15) is 6.10 Å². The maximum atomic E-state index is 11.9. The van der Waals surface area contributed by atoms with Crippen molar-refractivity contribution in [3.8, 4) is 0 Å². The van der Waals surface area contributed by atoms with E-state index in [4.69, 9.17) is 14.2 Å². The van der Waals surface area contributed by atoms with Crippen LogP contribution in [-0.4, -0.2) is 25.2 Å². The minimum Gasteiger partial charge on any atom is -0.431 e. The van der Waals surface area contributed by atoms with Crippen molar-refractivity contribution in [3.05, 3.63) is 0 Å². The highest BCUT2D eigenvalue weighted by Gasteiger charge is 2.34. The number of hydrogen-bond acceptors (Lipinski definition) is 4. The van der Waals surface area contributed by atoms with Gasteiger partial charge in [-0.1, -0.05) is 27.2 Å². The van der Waals surface area contributed by atoms with Crippen LogP contribution in [0.3, 0.4) is 0 Å². The Balaban J connectivity index is 1.83. The first-order valence-electron chi connectivity index (χ1n) is 8.05. The van der Waals surface area contributed by atoms with Gasteiger partial charge in [0.05, 0.1) is 6.61 Å². The van der Waals surface area contributed by atoms with Crippen molar-refractivity contribution >= 4 is 6.16 Å². The third-order valence-corrected chi connectivity index (χ3v) is 4.57. The van der Waals surface area contributed by atoms with Gasteiger partial charge in [0.15, 0.2) is 0 Å². The molecule has 0 radical (unpaired) electrons. The molecule has 2 fully saturated rings. The van der Waals surface area contributed by atoms with E-state index in [0.717, 1.165) is 32.1 Å². The van der Waals surface area contributed by atoms with Crippen molar-refractivity contribution in [1.29, 1.82) is 0 Å². The number of carbonyl (C=O) groups excluding carboxylic acids is 1. The quantitative estimate of drug-likeness (QED) is 0.731. The van der Waals surface area contributed by atoms with Crippen LogP contribution in [0, 0.1) is 17.8 Å². The molecule has 0 aromatic carbocycles.